The summed E-state index contributed by atoms with van der Waals surface area (Å²) in [5.41, 5.74) is 18.4. The first kappa shape index (κ1) is 50.8. The van der Waals surface area contributed by atoms with E-state index in [4.69, 9.17) is 0 Å². The molecule has 416 valence electrons. The molecule has 0 aliphatic heterocycles. The molecule has 0 N–H and O–H groups in total. The fourth-order valence-electron chi connectivity index (χ4n) is 15.2. The third-order valence-corrected chi connectivity index (χ3v) is 23.7. The van der Waals surface area contributed by atoms with Crippen LogP contribution >= 0.6 is 0 Å². The average molecular weight is 1150 g/mol. The van der Waals surface area contributed by atoms with Crippen LogP contribution in [0.4, 0.5) is 0 Å². The second kappa shape index (κ2) is 20.3. The van der Waals surface area contributed by atoms with Gasteiger partial charge in [0.1, 0.15) is 0 Å². The topological polar surface area (TPSA) is 19.7 Å². The van der Waals surface area contributed by atoms with Gasteiger partial charge in [0.2, 0.25) is 0 Å². The highest BCUT2D eigenvalue weighted by Crippen LogP contribution is 2.44. The number of aromatic nitrogens is 4. The minimum Gasteiger partial charge on any atom is -0.309 e. The van der Waals surface area contributed by atoms with Crippen molar-refractivity contribution >= 4 is 116 Å². The summed E-state index contributed by atoms with van der Waals surface area (Å²) in [5, 5.41) is 15.2. The molecule has 0 unspecified atom stereocenters. The average Bonchev–Trinajstić information content (AvgIpc) is 1.84. The minimum absolute atomic E-state index is 1.08. The van der Waals surface area contributed by atoms with Crippen LogP contribution in [0, 0.1) is 0 Å². The van der Waals surface area contributed by atoms with E-state index in [-0.39, 0.29) is 0 Å². The lowest BCUT2D eigenvalue weighted by atomic mass is 9.94. The minimum atomic E-state index is -2.85. The fraction of sp³-hybridized carbons (Fsp3) is 0. The molecular weight excluding hydrogens is 1090 g/mol. The van der Waals surface area contributed by atoms with E-state index in [0.717, 1.165) is 50.4 Å². The Morgan fingerprint density at radius 3 is 1.07 bits per heavy atom. The van der Waals surface area contributed by atoms with Crippen molar-refractivity contribution in [3.63, 3.8) is 0 Å². The van der Waals surface area contributed by atoms with Gasteiger partial charge in [0, 0.05) is 60.2 Å². The maximum absolute atomic E-state index is 2.85. The van der Waals surface area contributed by atoms with Gasteiger partial charge in [-0.25, -0.2) is 0 Å². The van der Waals surface area contributed by atoms with Crippen LogP contribution < -0.4 is 20.7 Å². The van der Waals surface area contributed by atoms with Crippen LogP contribution in [-0.4, -0.2) is 26.3 Å². The molecule has 0 bridgehead atoms. The van der Waals surface area contributed by atoms with Gasteiger partial charge >= 0.3 is 0 Å². The van der Waals surface area contributed by atoms with Gasteiger partial charge < -0.3 is 18.3 Å². The SMILES string of the molecule is c1ccc([Si](c2ccccc2)(c2ccccc2)c2cccc(-c3ccccc3-c3cc(-n4c5ccccc5c5ccccc54)cc(-n4c5ccccc5c5c(-n6c7ccccc7c7cc(-n8c9ccccc9c9ccccc98)ccc76)cccc54)c3)c2)cc1. The van der Waals surface area contributed by atoms with Crippen LogP contribution in [0.15, 0.2) is 340 Å². The van der Waals surface area contributed by atoms with Crippen molar-refractivity contribution in [2.75, 3.05) is 0 Å². The molecule has 0 atom stereocenters. The van der Waals surface area contributed by atoms with Gasteiger partial charge in [0.15, 0.2) is 8.07 Å². The lowest BCUT2D eigenvalue weighted by Gasteiger charge is -2.34. The summed E-state index contributed by atoms with van der Waals surface area (Å²) in [5.74, 6) is 0. The molecule has 0 fully saturated rings. The Morgan fingerprint density at radius 1 is 0.191 bits per heavy atom. The number of benzene rings is 14. The summed E-state index contributed by atoms with van der Waals surface area (Å²) in [6.45, 7) is 0. The molecule has 0 saturated carbocycles. The first-order valence-corrected chi connectivity index (χ1v) is 32.7. The van der Waals surface area contributed by atoms with Crippen LogP contribution in [-0.2, 0) is 0 Å². The third-order valence-electron chi connectivity index (χ3n) is 18.9. The standard InChI is InChI=1S/C84H56N4Si/c1-4-27-62(28-5-1)89(63-29-6-2-7-30-63,64-31-8-3-9-32-64)65-33-24-26-57(54-65)66-34-10-11-35-67(66)58-52-60(86-77-44-20-14-38-70(77)71-39-15-21-45-78(71)86)55-61(53-58)87-80-47-23-17-41-73(80)84-82(87)48-25-49-83(84)88-79-46-22-16-40-72(79)74-56-59(50-51-81(74)88)85-75-42-18-12-36-68(75)69-37-13-19-43-76(69)85/h1-56H. The van der Waals surface area contributed by atoms with E-state index in [0.29, 0.717) is 0 Å². The molecule has 0 aliphatic rings. The Bertz CT molecular complexity index is 5600. The zero-order valence-corrected chi connectivity index (χ0v) is 49.6. The van der Waals surface area contributed by atoms with E-state index in [2.05, 4.69) is 358 Å². The predicted octanol–water partition coefficient (Wildman–Crippen LogP) is 18.8. The second-order valence-electron chi connectivity index (χ2n) is 23.5. The molecule has 0 spiro atoms. The Kier molecular flexibility index (Phi) is 11.6. The van der Waals surface area contributed by atoms with Gasteiger partial charge in [0.05, 0.1) is 49.8 Å². The molecule has 4 heterocycles. The van der Waals surface area contributed by atoms with Crippen molar-refractivity contribution in [1.29, 1.82) is 0 Å². The molecule has 14 aromatic carbocycles. The largest absolute Gasteiger partial charge is 0.309 e. The maximum Gasteiger partial charge on any atom is 0.179 e. The highest BCUT2D eigenvalue weighted by atomic mass is 28.3. The molecule has 5 heteroatoms. The van der Waals surface area contributed by atoms with Gasteiger partial charge in [-0.1, -0.05) is 255 Å². The van der Waals surface area contributed by atoms with Gasteiger partial charge in [-0.2, -0.15) is 0 Å². The maximum atomic E-state index is 2.52. The quantitative estimate of drug-likeness (QED) is 0.0961. The van der Waals surface area contributed by atoms with E-state index >= 15 is 0 Å². The van der Waals surface area contributed by atoms with Crippen LogP contribution in [0.25, 0.3) is 132 Å². The lowest BCUT2D eigenvalue weighted by molar-refractivity contribution is 1.13. The van der Waals surface area contributed by atoms with Crippen molar-refractivity contribution in [3.05, 3.63) is 340 Å². The summed E-state index contributed by atoms with van der Waals surface area (Å²) in [7, 11) is -2.85. The second-order valence-corrected chi connectivity index (χ2v) is 27.3. The van der Waals surface area contributed by atoms with Crippen molar-refractivity contribution in [1.82, 2.24) is 18.3 Å². The third kappa shape index (κ3) is 7.72. The number of nitrogens with zero attached hydrogens (tertiary/aromatic N) is 4. The molecular formula is C84H56N4Si. The molecule has 0 aliphatic carbocycles. The summed E-state index contributed by atoms with van der Waals surface area (Å²) in [6.07, 6.45) is 0. The zero-order valence-electron chi connectivity index (χ0n) is 48.6. The molecule has 18 rings (SSSR count). The monoisotopic (exact) mass is 1150 g/mol. The van der Waals surface area contributed by atoms with Gasteiger partial charge in [-0.05, 0) is 128 Å². The summed E-state index contributed by atoms with van der Waals surface area (Å²) in [6, 6.07) is 127. The number of hydrogen-bond acceptors (Lipinski definition) is 0. The van der Waals surface area contributed by atoms with Gasteiger partial charge in [-0.15, -0.1) is 0 Å². The molecule has 4 aromatic heterocycles. The van der Waals surface area contributed by atoms with Crippen LogP contribution in [0.1, 0.15) is 0 Å². The van der Waals surface area contributed by atoms with Crippen LogP contribution in [0.2, 0.25) is 0 Å². The van der Waals surface area contributed by atoms with E-state index in [1.165, 1.54) is 103 Å². The highest BCUT2D eigenvalue weighted by molar-refractivity contribution is 7.20. The van der Waals surface area contributed by atoms with Crippen molar-refractivity contribution < 1.29 is 0 Å². The first-order chi connectivity index (χ1) is 44.2. The number of fused-ring (bicyclic) bond motifs is 12. The molecule has 4 nitrogen and oxygen atoms in total. The molecule has 0 saturated heterocycles. The van der Waals surface area contributed by atoms with Crippen LogP contribution in [0.3, 0.4) is 0 Å². The lowest BCUT2D eigenvalue weighted by Crippen LogP contribution is -2.74. The van der Waals surface area contributed by atoms with E-state index < -0.39 is 8.07 Å². The number of para-hydroxylation sites is 6. The summed E-state index contributed by atoms with van der Waals surface area (Å²) < 4.78 is 9.93. The molecule has 89 heavy (non-hydrogen) atoms. The van der Waals surface area contributed by atoms with Gasteiger partial charge in [-0.3, -0.25) is 0 Å². The van der Waals surface area contributed by atoms with Crippen molar-refractivity contribution in [2.24, 2.45) is 0 Å². The Hall–Kier alpha value is -11.5. The van der Waals surface area contributed by atoms with Crippen molar-refractivity contribution in [3.8, 4) is 45.0 Å². The fourth-order valence-corrected chi connectivity index (χ4v) is 20.0. The van der Waals surface area contributed by atoms with Gasteiger partial charge in [0.25, 0.3) is 0 Å². The van der Waals surface area contributed by atoms with Crippen LogP contribution in [0.5, 0.6) is 0 Å². The molecule has 18 aromatic rings. The Labute approximate surface area is 515 Å². The first-order valence-electron chi connectivity index (χ1n) is 30.7. The number of rotatable bonds is 10. The zero-order chi connectivity index (χ0) is 58.6. The van der Waals surface area contributed by atoms with E-state index in [9.17, 15) is 0 Å². The summed E-state index contributed by atoms with van der Waals surface area (Å²) >= 11 is 0. The highest BCUT2D eigenvalue weighted by Gasteiger charge is 2.41. The van der Waals surface area contributed by atoms with Crippen molar-refractivity contribution in [2.45, 2.75) is 0 Å². The Morgan fingerprint density at radius 2 is 0.551 bits per heavy atom. The normalized spacial score (nSPS) is 12.0. The Balaban J connectivity index is 0.871. The van der Waals surface area contributed by atoms with E-state index in [1.807, 2.05) is 0 Å². The smallest absolute Gasteiger partial charge is 0.179 e. The number of hydrogen-bond donors (Lipinski definition) is 0. The molecule has 0 amide bonds. The summed E-state index contributed by atoms with van der Waals surface area (Å²) in [4.78, 5) is 0. The van der Waals surface area contributed by atoms with E-state index in [1.54, 1.807) is 0 Å². The predicted molar refractivity (Wildman–Crippen MR) is 378 cm³/mol. The molecule has 0 radical (unpaired) electrons.